The number of nitrogens with zero attached hydrogens (tertiary/aromatic N) is 2. The quantitative estimate of drug-likeness (QED) is 0.564. The molecule has 2 heterocycles. The Kier molecular flexibility index (Phi) is 7.25. The molecule has 0 radical (unpaired) electrons. The van der Waals surface area contributed by atoms with Crippen LogP contribution in [-0.4, -0.2) is 36.1 Å². The lowest BCUT2D eigenvalue weighted by Crippen LogP contribution is -2.30. The third kappa shape index (κ3) is 5.69. The third-order valence-electron chi connectivity index (χ3n) is 4.22. The summed E-state index contributed by atoms with van der Waals surface area (Å²) in [5.41, 5.74) is 0.952. The predicted molar refractivity (Wildman–Crippen MR) is 91.0 cm³/mol. The maximum Gasteiger partial charge on any atom is 0.138 e. The molecule has 1 saturated heterocycles. The van der Waals surface area contributed by atoms with Gasteiger partial charge in [-0.1, -0.05) is 38.0 Å². The maximum absolute atomic E-state index is 5.89. The van der Waals surface area contributed by atoms with Crippen molar-refractivity contribution in [3.63, 3.8) is 0 Å². The standard InChI is InChI=1S/C19H28N2O/c1-3-4-5-6-7-8-10-17-13-19(15-20-14-17)22-16-18-11-9-12-21(18)2/h13-15,18H,3-7,9,11-12,16H2,1-2H3/t18-/m0/s1. The molecule has 1 aliphatic rings. The van der Waals surface area contributed by atoms with Gasteiger partial charge in [0.2, 0.25) is 0 Å². The van der Waals surface area contributed by atoms with Crippen molar-refractivity contribution >= 4 is 0 Å². The van der Waals surface area contributed by atoms with Crippen LogP contribution < -0.4 is 4.74 Å². The van der Waals surface area contributed by atoms with E-state index in [1.54, 1.807) is 6.20 Å². The molecular formula is C19H28N2O. The van der Waals surface area contributed by atoms with Crippen LogP contribution in [0.2, 0.25) is 0 Å². The van der Waals surface area contributed by atoms with E-state index in [-0.39, 0.29) is 0 Å². The first-order chi connectivity index (χ1) is 10.8. The van der Waals surface area contributed by atoms with Gasteiger partial charge in [0.15, 0.2) is 0 Å². The van der Waals surface area contributed by atoms with Gasteiger partial charge in [-0.2, -0.15) is 0 Å². The Labute approximate surface area is 135 Å². The van der Waals surface area contributed by atoms with Gasteiger partial charge < -0.3 is 9.64 Å². The summed E-state index contributed by atoms with van der Waals surface area (Å²) in [6, 6.07) is 2.54. The molecule has 1 aromatic rings. The zero-order chi connectivity index (χ0) is 15.6. The molecule has 0 aliphatic carbocycles. The summed E-state index contributed by atoms with van der Waals surface area (Å²) < 4.78 is 5.89. The van der Waals surface area contributed by atoms with Crippen LogP contribution in [0.3, 0.4) is 0 Å². The van der Waals surface area contributed by atoms with Gasteiger partial charge in [-0.25, -0.2) is 0 Å². The minimum atomic E-state index is 0.535. The molecule has 3 heteroatoms. The Hall–Kier alpha value is -1.53. The van der Waals surface area contributed by atoms with Crippen LogP contribution in [0.4, 0.5) is 0 Å². The topological polar surface area (TPSA) is 25.4 Å². The zero-order valence-corrected chi connectivity index (χ0v) is 14.0. The van der Waals surface area contributed by atoms with E-state index in [4.69, 9.17) is 4.74 Å². The fraction of sp³-hybridized carbons (Fsp3) is 0.632. The number of rotatable bonds is 7. The number of likely N-dealkylation sites (N-methyl/N-ethyl adjacent to an activating group) is 1. The van der Waals surface area contributed by atoms with Gasteiger partial charge in [0, 0.05) is 24.2 Å². The molecule has 0 amide bonds. The lowest BCUT2D eigenvalue weighted by atomic mass is 10.1. The number of ether oxygens (including phenoxy) is 1. The molecule has 1 fully saturated rings. The van der Waals surface area contributed by atoms with Crippen LogP contribution in [0, 0.1) is 11.8 Å². The second kappa shape index (κ2) is 9.48. The molecule has 1 atom stereocenters. The number of likely N-dealkylation sites (tertiary alicyclic amines) is 1. The Morgan fingerprint density at radius 2 is 2.23 bits per heavy atom. The van der Waals surface area contributed by atoms with Crippen molar-refractivity contribution in [1.29, 1.82) is 0 Å². The fourth-order valence-electron chi connectivity index (χ4n) is 2.75. The van der Waals surface area contributed by atoms with Crippen LogP contribution >= 0.6 is 0 Å². The van der Waals surface area contributed by atoms with E-state index in [0.717, 1.165) is 24.3 Å². The average molecular weight is 300 g/mol. The highest BCUT2D eigenvalue weighted by molar-refractivity contribution is 5.36. The van der Waals surface area contributed by atoms with Gasteiger partial charge in [0.05, 0.1) is 6.20 Å². The minimum absolute atomic E-state index is 0.535. The van der Waals surface area contributed by atoms with Crippen LogP contribution in [0.15, 0.2) is 18.5 Å². The highest BCUT2D eigenvalue weighted by Gasteiger charge is 2.21. The van der Waals surface area contributed by atoms with Crippen LogP contribution in [0.1, 0.15) is 57.4 Å². The predicted octanol–water partition coefficient (Wildman–Crippen LogP) is 3.88. The van der Waals surface area contributed by atoms with Crippen molar-refractivity contribution in [3.05, 3.63) is 24.0 Å². The molecule has 1 aliphatic heterocycles. The maximum atomic E-state index is 5.89. The van der Waals surface area contributed by atoms with Crippen molar-refractivity contribution in [2.24, 2.45) is 0 Å². The van der Waals surface area contributed by atoms with Crippen LogP contribution in [0.5, 0.6) is 5.75 Å². The van der Waals surface area contributed by atoms with Gasteiger partial charge in [0.25, 0.3) is 0 Å². The summed E-state index contributed by atoms with van der Waals surface area (Å²) >= 11 is 0. The Morgan fingerprint density at radius 3 is 3.00 bits per heavy atom. The van der Waals surface area contributed by atoms with Gasteiger partial charge in [-0.3, -0.25) is 4.98 Å². The number of hydrogen-bond acceptors (Lipinski definition) is 3. The fourth-order valence-corrected chi connectivity index (χ4v) is 2.75. The number of unbranched alkanes of at least 4 members (excludes halogenated alkanes) is 4. The van der Waals surface area contributed by atoms with Crippen LogP contribution in [-0.2, 0) is 0 Å². The van der Waals surface area contributed by atoms with Gasteiger partial charge in [0.1, 0.15) is 12.4 Å². The highest BCUT2D eigenvalue weighted by atomic mass is 16.5. The van der Waals surface area contributed by atoms with Crippen molar-refractivity contribution in [3.8, 4) is 17.6 Å². The van der Waals surface area contributed by atoms with Crippen molar-refractivity contribution in [2.75, 3.05) is 20.2 Å². The minimum Gasteiger partial charge on any atom is -0.490 e. The Bertz CT molecular complexity index is 504. The number of aromatic nitrogens is 1. The molecular weight excluding hydrogens is 272 g/mol. The van der Waals surface area contributed by atoms with E-state index < -0.39 is 0 Å². The van der Waals surface area contributed by atoms with E-state index in [1.807, 2.05) is 12.3 Å². The lowest BCUT2D eigenvalue weighted by Gasteiger charge is -2.19. The zero-order valence-electron chi connectivity index (χ0n) is 14.0. The van der Waals surface area contributed by atoms with Crippen molar-refractivity contribution in [1.82, 2.24) is 9.88 Å². The Morgan fingerprint density at radius 1 is 1.32 bits per heavy atom. The summed E-state index contributed by atoms with van der Waals surface area (Å²) in [6.07, 6.45) is 12.1. The van der Waals surface area contributed by atoms with Crippen molar-refractivity contribution in [2.45, 2.75) is 57.9 Å². The summed E-state index contributed by atoms with van der Waals surface area (Å²) in [5.74, 6) is 7.27. The molecule has 120 valence electrons. The second-order valence-corrected chi connectivity index (χ2v) is 6.11. The van der Waals surface area contributed by atoms with E-state index in [9.17, 15) is 0 Å². The van der Waals surface area contributed by atoms with Crippen LogP contribution in [0.25, 0.3) is 0 Å². The molecule has 22 heavy (non-hydrogen) atoms. The molecule has 0 saturated carbocycles. The van der Waals surface area contributed by atoms with Crippen molar-refractivity contribution < 1.29 is 4.74 Å². The number of pyridine rings is 1. The second-order valence-electron chi connectivity index (χ2n) is 6.11. The van der Waals surface area contributed by atoms with Gasteiger partial charge in [-0.15, -0.1) is 0 Å². The SMILES string of the molecule is CCCCCCC#Cc1cncc(OC[C@@H]2CCCN2C)c1. The van der Waals surface area contributed by atoms with Gasteiger partial charge in [-0.05, 0) is 38.9 Å². The highest BCUT2D eigenvalue weighted by Crippen LogP contribution is 2.17. The Balaban J connectivity index is 1.78. The summed E-state index contributed by atoms with van der Waals surface area (Å²) in [6.45, 7) is 4.15. The first-order valence-corrected chi connectivity index (χ1v) is 8.56. The molecule has 0 aromatic carbocycles. The monoisotopic (exact) mass is 300 g/mol. The smallest absolute Gasteiger partial charge is 0.138 e. The average Bonchev–Trinajstić information content (AvgIpc) is 2.94. The van der Waals surface area contributed by atoms with E-state index in [1.165, 1.54) is 45.1 Å². The van der Waals surface area contributed by atoms with E-state index >= 15 is 0 Å². The first-order valence-electron chi connectivity index (χ1n) is 8.56. The number of hydrogen-bond donors (Lipinski definition) is 0. The molecule has 1 aromatic heterocycles. The lowest BCUT2D eigenvalue weighted by molar-refractivity contribution is 0.198. The summed E-state index contributed by atoms with van der Waals surface area (Å²) in [4.78, 5) is 6.60. The molecule has 0 N–H and O–H groups in total. The first kappa shape index (κ1) is 16.8. The van der Waals surface area contributed by atoms with Gasteiger partial charge >= 0.3 is 0 Å². The van der Waals surface area contributed by atoms with E-state index in [2.05, 4.69) is 35.7 Å². The molecule has 0 bridgehead atoms. The summed E-state index contributed by atoms with van der Waals surface area (Å²) in [5, 5.41) is 0. The largest absolute Gasteiger partial charge is 0.490 e. The molecule has 2 rings (SSSR count). The summed E-state index contributed by atoms with van der Waals surface area (Å²) in [7, 11) is 2.17. The normalized spacial score (nSPS) is 18.0. The van der Waals surface area contributed by atoms with E-state index in [0.29, 0.717) is 6.04 Å². The molecule has 0 spiro atoms. The third-order valence-corrected chi connectivity index (χ3v) is 4.22. The molecule has 3 nitrogen and oxygen atoms in total. The molecule has 0 unspecified atom stereocenters.